The molecule has 0 aliphatic carbocycles. The van der Waals surface area contributed by atoms with Gasteiger partial charge in [0.2, 0.25) is 0 Å². The van der Waals surface area contributed by atoms with Crippen LogP contribution >= 0.6 is 0 Å². The Bertz CT molecular complexity index is 121. The van der Waals surface area contributed by atoms with Crippen LogP contribution in [0.15, 0.2) is 0 Å². The van der Waals surface area contributed by atoms with Crippen molar-refractivity contribution in [2.24, 2.45) is 5.92 Å². The summed E-state index contributed by atoms with van der Waals surface area (Å²) in [6, 6.07) is 0. The summed E-state index contributed by atoms with van der Waals surface area (Å²) in [5, 5.41) is 9.24. The van der Waals surface area contributed by atoms with Crippen molar-refractivity contribution in [3.05, 3.63) is 0 Å². The number of hydrogen-bond donors (Lipinski definition) is 1. The monoisotopic (exact) mass is 214 g/mol. The van der Waals surface area contributed by atoms with Crippen LogP contribution in [0.2, 0.25) is 0 Å². The summed E-state index contributed by atoms with van der Waals surface area (Å²) in [5.74, 6) is 0.848. The molecule has 0 spiro atoms. The highest BCUT2D eigenvalue weighted by Gasteiger charge is 2.07. The van der Waals surface area contributed by atoms with Crippen LogP contribution in [0, 0.1) is 5.92 Å². The highest BCUT2D eigenvalue weighted by Crippen LogP contribution is 2.20. The zero-order valence-electron chi connectivity index (χ0n) is 11.0. The molecule has 0 heterocycles. The molecule has 2 atom stereocenters. The summed E-state index contributed by atoms with van der Waals surface area (Å²) in [6.07, 6.45) is 11.6. The maximum atomic E-state index is 9.24. The first-order valence-electron chi connectivity index (χ1n) is 6.88. The molecule has 0 amide bonds. The van der Waals surface area contributed by atoms with E-state index in [1.54, 1.807) is 0 Å². The predicted octanol–water partition coefficient (Wildman–Crippen LogP) is 4.53. The van der Waals surface area contributed by atoms with Crippen molar-refractivity contribution in [3.8, 4) is 0 Å². The zero-order chi connectivity index (χ0) is 11.5. The molecule has 0 fully saturated rings. The molecule has 15 heavy (non-hydrogen) atoms. The summed E-state index contributed by atoms with van der Waals surface area (Å²) >= 11 is 0. The molecule has 0 aromatic heterocycles. The molecule has 0 rings (SSSR count). The lowest BCUT2D eigenvalue weighted by Crippen LogP contribution is -2.05. The number of aliphatic hydroxyl groups excluding tert-OH is 1. The van der Waals surface area contributed by atoms with Crippen molar-refractivity contribution >= 4 is 0 Å². The van der Waals surface area contributed by atoms with Gasteiger partial charge in [-0.25, -0.2) is 0 Å². The van der Waals surface area contributed by atoms with E-state index in [-0.39, 0.29) is 6.10 Å². The van der Waals surface area contributed by atoms with Gasteiger partial charge in [-0.15, -0.1) is 0 Å². The quantitative estimate of drug-likeness (QED) is 0.530. The van der Waals surface area contributed by atoms with E-state index in [4.69, 9.17) is 0 Å². The van der Waals surface area contributed by atoms with Gasteiger partial charge < -0.3 is 5.11 Å². The van der Waals surface area contributed by atoms with Crippen LogP contribution in [0.5, 0.6) is 0 Å². The smallest absolute Gasteiger partial charge is 0.0512 e. The Hall–Kier alpha value is -0.0400. The van der Waals surface area contributed by atoms with Gasteiger partial charge in [-0.1, -0.05) is 58.8 Å². The van der Waals surface area contributed by atoms with E-state index >= 15 is 0 Å². The first-order chi connectivity index (χ1) is 7.20. The average Bonchev–Trinajstić information content (AvgIpc) is 2.22. The van der Waals surface area contributed by atoms with E-state index in [0.717, 1.165) is 12.3 Å². The van der Waals surface area contributed by atoms with Crippen LogP contribution < -0.4 is 0 Å². The highest BCUT2D eigenvalue weighted by atomic mass is 16.3. The maximum Gasteiger partial charge on any atom is 0.0512 e. The largest absolute Gasteiger partial charge is 0.393 e. The van der Waals surface area contributed by atoms with Gasteiger partial charge in [-0.2, -0.15) is 0 Å². The first kappa shape index (κ1) is 15.0. The summed E-state index contributed by atoms with van der Waals surface area (Å²) in [6.45, 7) is 6.43. The van der Waals surface area contributed by atoms with Crippen molar-refractivity contribution in [1.29, 1.82) is 0 Å². The number of aliphatic hydroxyl groups is 1. The second-order valence-corrected chi connectivity index (χ2v) is 4.90. The van der Waals surface area contributed by atoms with Gasteiger partial charge in [0.05, 0.1) is 6.10 Å². The first-order valence-corrected chi connectivity index (χ1v) is 6.88. The van der Waals surface area contributed by atoms with Crippen LogP contribution in [0.1, 0.15) is 78.6 Å². The Balaban J connectivity index is 3.36. The Labute approximate surface area is 96.3 Å². The second kappa shape index (κ2) is 10.5. The Kier molecular flexibility index (Phi) is 10.4. The molecule has 0 aromatic carbocycles. The van der Waals surface area contributed by atoms with E-state index in [1.807, 2.05) is 6.92 Å². The molecule has 2 unspecified atom stereocenters. The van der Waals surface area contributed by atoms with Gasteiger partial charge in [-0.3, -0.25) is 0 Å². The van der Waals surface area contributed by atoms with Gasteiger partial charge in [0.15, 0.2) is 0 Å². The number of rotatable bonds is 10. The fourth-order valence-corrected chi connectivity index (χ4v) is 2.07. The third kappa shape index (κ3) is 10.2. The Morgan fingerprint density at radius 2 is 1.53 bits per heavy atom. The SMILES string of the molecule is CCCCCCCC(CC)CCC(C)O. The highest BCUT2D eigenvalue weighted by molar-refractivity contribution is 4.60. The molecule has 0 saturated heterocycles. The fraction of sp³-hybridized carbons (Fsp3) is 1.00. The van der Waals surface area contributed by atoms with Crippen molar-refractivity contribution in [3.63, 3.8) is 0 Å². The zero-order valence-corrected chi connectivity index (χ0v) is 11.0. The molecule has 0 radical (unpaired) electrons. The van der Waals surface area contributed by atoms with Crippen LogP contribution in [0.25, 0.3) is 0 Å². The summed E-state index contributed by atoms with van der Waals surface area (Å²) in [4.78, 5) is 0. The molecule has 0 aromatic rings. The third-order valence-electron chi connectivity index (χ3n) is 3.29. The van der Waals surface area contributed by atoms with Gasteiger partial charge in [0.25, 0.3) is 0 Å². The van der Waals surface area contributed by atoms with Gasteiger partial charge in [0.1, 0.15) is 0 Å². The molecule has 0 saturated carbocycles. The number of hydrogen-bond acceptors (Lipinski definition) is 1. The van der Waals surface area contributed by atoms with Gasteiger partial charge in [-0.05, 0) is 25.7 Å². The van der Waals surface area contributed by atoms with E-state index < -0.39 is 0 Å². The minimum absolute atomic E-state index is 0.112. The Morgan fingerprint density at radius 3 is 2.07 bits per heavy atom. The average molecular weight is 214 g/mol. The lowest BCUT2D eigenvalue weighted by molar-refractivity contribution is 0.171. The Morgan fingerprint density at radius 1 is 0.867 bits per heavy atom. The maximum absolute atomic E-state index is 9.24. The third-order valence-corrected chi connectivity index (χ3v) is 3.29. The second-order valence-electron chi connectivity index (χ2n) is 4.90. The molecule has 0 bridgehead atoms. The summed E-state index contributed by atoms with van der Waals surface area (Å²) in [7, 11) is 0. The summed E-state index contributed by atoms with van der Waals surface area (Å²) in [5.41, 5.74) is 0. The van der Waals surface area contributed by atoms with E-state index in [2.05, 4.69) is 13.8 Å². The molecule has 92 valence electrons. The van der Waals surface area contributed by atoms with Crippen molar-refractivity contribution in [1.82, 2.24) is 0 Å². The van der Waals surface area contributed by atoms with Gasteiger partial charge >= 0.3 is 0 Å². The molecule has 1 nitrogen and oxygen atoms in total. The molecular formula is C14H30O. The predicted molar refractivity (Wildman–Crippen MR) is 68.1 cm³/mol. The summed E-state index contributed by atoms with van der Waals surface area (Å²) < 4.78 is 0. The molecule has 1 N–H and O–H groups in total. The van der Waals surface area contributed by atoms with E-state index in [9.17, 15) is 5.11 Å². The molecule has 0 aliphatic rings. The minimum atomic E-state index is -0.112. The van der Waals surface area contributed by atoms with Crippen LogP contribution in [0.3, 0.4) is 0 Å². The number of unbranched alkanes of at least 4 members (excludes halogenated alkanes) is 4. The normalized spacial score (nSPS) is 15.2. The van der Waals surface area contributed by atoms with Crippen molar-refractivity contribution in [2.75, 3.05) is 0 Å². The van der Waals surface area contributed by atoms with Gasteiger partial charge in [0, 0.05) is 0 Å². The van der Waals surface area contributed by atoms with Crippen molar-refractivity contribution < 1.29 is 5.11 Å². The van der Waals surface area contributed by atoms with Crippen molar-refractivity contribution in [2.45, 2.75) is 84.7 Å². The molecular weight excluding hydrogens is 184 g/mol. The van der Waals surface area contributed by atoms with Crippen LogP contribution in [-0.4, -0.2) is 11.2 Å². The lowest BCUT2D eigenvalue weighted by Gasteiger charge is -2.15. The topological polar surface area (TPSA) is 20.2 Å². The molecule has 0 aliphatic heterocycles. The molecule has 1 heteroatoms. The van der Waals surface area contributed by atoms with E-state index in [0.29, 0.717) is 0 Å². The standard InChI is InChI=1S/C14H30O/c1-4-6-7-8-9-10-14(5-2)12-11-13(3)15/h13-15H,4-12H2,1-3H3. The fourth-order valence-electron chi connectivity index (χ4n) is 2.07. The lowest BCUT2D eigenvalue weighted by atomic mass is 9.92. The van der Waals surface area contributed by atoms with E-state index in [1.165, 1.54) is 51.4 Å². The van der Waals surface area contributed by atoms with Crippen LogP contribution in [0.4, 0.5) is 0 Å². The van der Waals surface area contributed by atoms with Crippen LogP contribution in [-0.2, 0) is 0 Å². The minimum Gasteiger partial charge on any atom is -0.393 e.